The number of cyclic esters (lactones) is 2. The first-order valence-corrected chi connectivity index (χ1v) is 10.4. The molecule has 0 spiro atoms. The third-order valence-corrected chi connectivity index (χ3v) is 5.05. The fraction of sp³-hybridized carbons (Fsp3) is 0.333. The van der Waals surface area contributed by atoms with Crippen molar-refractivity contribution < 1.29 is 38.0 Å². The molecule has 0 unspecified atom stereocenters. The zero-order valence-corrected chi connectivity index (χ0v) is 19.5. The van der Waals surface area contributed by atoms with Gasteiger partial charge in [-0.3, -0.25) is 10.6 Å². The minimum Gasteiger partial charge on any atom is -0.493 e. The fourth-order valence-corrected chi connectivity index (χ4v) is 3.58. The lowest BCUT2D eigenvalue weighted by atomic mass is 10.1. The number of hydrogen-bond donors (Lipinski definition) is 1. The van der Waals surface area contributed by atoms with E-state index in [0.29, 0.717) is 36.1 Å². The van der Waals surface area contributed by atoms with Crippen molar-refractivity contribution in [2.24, 2.45) is 5.73 Å². The lowest BCUT2D eigenvalue weighted by Crippen LogP contribution is -2.55. The molecule has 182 valence electrons. The zero-order valence-electron chi connectivity index (χ0n) is 19.5. The number of carbonyl (C=O) groups excluding carboxylic acids is 2. The molecule has 0 radical (unpaired) electrons. The van der Waals surface area contributed by atoms with Crippen LogP contribution in [0.2, 0.25) is 0 Å². The number of hydrogen-bond acceptors (Lipinski definition) is 10. The van der Waals surface area contributed by atoms with Crippen molar-refractivity contribution >= 4 is 11.9 Å². The highest BCUT2D eigenvalue weighted by atomic mass is 16.7. The first-order valence-electron chi connectivity index (χ1n) is 10.4. The van der Waals surface area contributed by atoms with Crippen LogP contribution in [0.5, 0.6) is 23.0 Å². The van der Waals surface area contributed by atoms with Crippen LogP contribution in [0.3, 0.4) is 0 Å². The SMILES string of the molecule is COc1ccc(CN(Cc2ccc(OC)c(OC)c2)CC2(N)OC(=O)C=CC(=O)O2)cc1OC. The smallest absolute Gasteiger partial charge is 0.335 e. The molecule has 1 heterocycles. The van der Waals surface area contributed by atoms with Crippen LogP contribution in [0.25, 0.3) is 0 Å². The van der Waals surface area contributed by atoms with Crippen LogP contribution >= 0.6 is 0 Å². The third-order valence-electron chi connectivity index (χ3n) is 5.05. The molecular formula is C24H28N2O8. The summed E-state index contributed by atoms with van der Waals surface area (Å²) in [7, 11) is 6.22. The number of carbonyl (C=O) groups is 2. The molecule has 0 atom stereocenters. The Bertz CT molecular complexity index is 991. The second kappa shape index (κ2) is 10.9. The minimum absolute atomic E-state index is 0.102. The van der Waals surface area contributed by atoms with Gasteiger partial charge in [-0.25, -0.2) is 9.59 Å². The van der Waals surface area contributed by atoms with Crippen molar-refractivity contribution in [1.82, 2.24) is 4.90 Å². The van der Waals surface area contributed by atoms with Crippen LogP contribution in [0, 0.1) is 0 Å². The van der Waals surface area contributed by atoms with Crippen LogP contribution in [0.1, 0.15) is 11.1 Å². The molecular weight excluding hydrogens is 444 g/mol. The Morgan fingerprint density at radius 3 is 1.53 bits per heavy atom. The van der Waals surface area contributed by atoms with Crippen LogP contribution in [-0.2, 0) is 32.2 Å². The predicted molar refractivity (Wildman–Crippen MR) is 121 cm³/mol. The Balaban J connectivity index is 1.91. The maximum Gasteiger partial charge on any atom is 0.335 e. The lowest BCUT2D eigenvalue weighted by Gasteiger charge is -2.33. The van der Waals surface area contributed by atoms with E-state index in [0.717, 1.165) is 23.3 Å². The van der Waals surface area contributed by atoms with Gasteiger partial charge in [-0.05, 0) is 35.4 Å². The molecule has 0 saturated heterocycles. The third kappa shape index (κ3) is 6.18. The van der Waals surface area contributed by atoms with Gasteiger partial charge in [-0.1, -0.05) is 12.1 Å². The average molecular weight is 472 g/mol. The van der Waals surface area contributed by atoms with E-state index in [1.807, 2.05) is 29.2 Å². The summed E-state index contributed by atoms with van der Waals surface area (Å²) in [6.45, 7) is 0.612. The normalized spacial score (nSPS) is 14.8. The molecule has 0 fully saturated rings. The zero-order chi connectivity index (χ0) is 24.7. The number of esters is 2. The number of rotatable bonds is 10. The van der Waals surface area contributed by atoms with E-state index in [-0.39, 0.29) is 6.54 Å². The Kier molecular flexibility index (Phi) is 7.98. The maximum absolute atomic E-state index is 11.9. The Labute approximate surface area is 197 Å². The summed E-state index contributed by atoms with van der Waals surface area (Å²) in [5.74, 6) is -1.23. The van der Waals surface area contributed by atoms with Gasteiger partial charge in [0.15, 0.2) is 23.0 Å². The summed E-state index contributed by atoms with van der Waals surface area (Å²) < 4.78 is 31.9. The summed E-state index contributed by atoms with van der Waals surface area (Å²) in [5.41, 5.74) is 7.93. The van der Waals surface area contributed by atoms with Gasteiger partial charge in [-0.15, -0.1) is 0 Å². The largest absolute Gasteiger partial charge is 0.493 e. The summed E-state index contributed by atoms with van der Waals surface area (Å²) in [4.78, 5) is 25.8. The van der Waals surface area contributed by atoms with E-state index in [2.05, 4.69) is 0 Å². The summed E-state index contributed by atoms with van der Waals surface area (Å²) in [6.07, 6.45) is 1.95. The molecule has 0 saturated carbocycles. The second-order valence-corrected chi connectivity index (χ2v) is 7.51. The first kappa shape index (κ1) is 24.9. The molecule has 0 amide bonds. The molecule has 0 bridgehead atoms. The molecule has 2 aromatic carbocycles. The number of benzene rings is 2. The van der Waals surface area contributed by atoms with Crippen LogP contribution in [-0.4, -0.2) is 57.7 Å². The minimum atomic E-state index is -1.98. The standard InChI is InChI=1S/C24H28N2O8/c1-29-18-7-5-16(11-20(18)31-3)13-26(14-17-6-8-19(30-2)21(12-17)32-4)15-24(25)33-22(27)9-10-23(28)34-24/h5-12H,13-15,25H2,1-4H3. The van der Waals surface area contributed by atoms with Gasteiger partial charge in [0, 0.05) is 25.2 Å². The molecule has 1 aliphatic heterocycles. The molecule has 0 aromatic heterocycles. The molecule has 2 aromatic rings. The number of methoxy groups -OCH3 is 4. The highest BCUT2D eigenvalue weighted by Crippen LogP contribution is 2.30. The maximum atomic E-state index is 11.9. The quantitative estimate of drug-likeness (QED) is 0.514. The van der Waals surface area contributed by atoms with E-state index in [1.165, 1.54) is 0 Å². The molecule has 2 N–H and O–H groups in total. The van der Waals surface area contributed by atoms with Gasteiger partial charge < -0.3 is 28.4 Å². The molecule has 3 rings (SSSR count). The Hall–Kier alpha value is -3.76. The first-order chi connectivity index (χ1) is 16.3. The number of nitrogens with zero attached hydrogens (tertiary/aromatic N) is 1. The summed E-state index contributed by atoms with van der Waals surface area (Å²) in [6, 6.07) is 11.0. The van der Waals surface area contributed by atoms with Gasteiger partial charge in [0.05, 0.1) is 35.0 Å². The van der Waals surface area contributed by atoms with Gasteiger partial charge in [0.1, 0.15) is 0 Å². The van der Waals surface area contributed by atoms with Crippen molar-refractivity contribution in [3.05, 3.63) is 59.7 Å². The van der Waals surface area contributed by atoms with E-state index in [9.17, 15) is 9.59 Å². The van der Waals surface area contributed by atoms with Crippen molar-refractivity contribution in [3.63, 3.8) is 0 Å². The molecule has 0 aliphatic carbocycles. The highest BCUT2D eigenvalue weighted by Gasteiger charge is 2.37. The lowest BCUT2D eigenvalue weighted by molar-refractivity contribution is -0.224. The van der Waals surface area contributed by atoms with Crippen molar-refractivity contribution in [2.75, 3.05) is 35.0 Å². The fourth-order valence-electron chi connectivity index (χ4n) is 3.58. The highest BCUT2D eigenvalue weighted by molar-refractivity contribution is 5.93. The Morgan fingerprint density at radius 2 is 1.15 bits per heavy atom. The number of nitrogens with two attached hydrogens (primary N) is 1. The molecule has 10 heteroatoms. The van der Waals surface area contributed by atoms with Gasteiger partial charge >= 0.3 is 17.8 Å². The summed E-state index contributed by atoms with van der Waals surface area (Å²) >= 11 is 0. The molecule has 1 aliphatic rings. The van der Waals surface area contributed by atoms with Crippen molar-refractivity contribution in [3.8, 4) is 23.0 Å². The summed E-state index contributed by atoms with van der Waals surface area (Å²) in [5, 5.41) is 0. The Morgan fingerprint density at radius 1 is 0.735 bits per heavy atom. The van der Waals surface area contributed by atoms with E-state index >= 15 is 0 Å². The van der Waals surface area contributed by atoms with E-state index in [4.69, 9.17) is 34.2 Å². The van der Waals surface area contributed by atoms with Crippen LogP contribution in [0.4, 0.5) is 0 Å². The van der Waals surface area contributed by atoms with Crippen LogP contribution < -0.4 is 24.7 Å². The molecule has 10 nitrogen and oxygen atoms in total. The van der Waals surface area contributed by atoms with Crippen LogP contribution in [0.15, 0.2) is 48.6 Å². The monoisotopic (exact) mass is 472 g/mol. The number of ether oxygens (including phenoxy) is 6. The second-order valence-electron chi connectivity index (χ2n) is 7.51. The van der Waals surface area contributed by atoms with Crippen molar-refractivity contribution in [2.45, 2.75) is 19.0 Å². The predicted octanol–water partition coefficient (Wildman–Crippen LogP) is 1.99. The van der Waals surface area contributed by atoms with Gasteiger partial charge in [0.25, 0.3) is 0 Å². The van der Waals surface area contributed by atoms with Gasteiger partial charge in [0.2, 0.25) is 0 Å². The average Bonchev–Trinajstić information content (AvgIpc) is 2.94. The van der Waals surface area contributed by atoms with Crippen molar-refractivity contribution in [1.29, 1.82) is 0 Å². The van der Waals surface area contributed by atoms with E-state index in [1.54, 1.807) is 40.6 Å². The topological polar surface area (TPSA) is 119 Å². The molecule has 34 heavy (non-hydrogen) atoms. The van der Waals surface area contributed by atoms with E-state index < -0.39 is 17.8 Å². The van der Waals surface area contributed by atoms with Gasteiger partial charge in [-0.2, -0.15) is 0 Å².